The first kappa shape index (κ1) is 12.4. The molecule has 0 aliphatic carbocycles. The van der Waals surface area contributed by atoms with Gasteiger partial charge in [-0.1, -0.05) is 30.3 Å². The van der Waals surface area contributed by atoms with Crippen LogP contribution < -0.4 is 10.1 Å². The predicted molar refractivity (Wildman–Crippen MR) is 71.6 cm³/mol. The summed E-state index contributed by atoms with van der Waals surface area (Å²) in [5, 5.41) is 3.13. The molecule has 0 radical (unpaired) electrons. The molecule has 1 aromatic carbocycles. The van der Waals surface area contributed by atoms with E-state index >= 15 is 0 Å². The van der Waals surface area contributed by atoms with Crippen LogP contribution in [0.5, 0.6) is 5.75 Å². The van der Waals surface area contributed by atoms with Gasteiger partial charge in [-0.15, -0.1) is 0 Å². The van der Waals surface area contributed by atoms with Crippen LogP contribution in [0.1, 0.15) is 19.4 Å². The van der Waals surface area contributed by atoms with Crippen molar-refractivity contribution in [2.24, 2.45) is 0 Å². The summed E-state index contributed by atoms with van der Waals surface area (Å²) in [6.45, 7) is 4.62. The molecule has 4 heteroatoms. The van der Waals surface area contributed by atoms with E-state index in [0.717, 1.165) is 5.56 Å². The zero-order chi connectivity index (χ0) is 12.8. The lowest BCUT2D eigenvalue weighted by Crippen LogP contribution is -2.12. The Kier molecular flexibility index (Phi) is 4.12. The van der Waals surface area contributed by atoms with Crippen molar-refractivity contribution in [2.75, 3.05) is 5.32 Å². The van der Waals surface area contributed by atoms with Crippen molar-refractivity contribution in [2.45, 2.75) is 26.5 Å². The molecule has 0 atom stereocenters. The number of hydrogen-bond donors (Lipinski definition) is 1. The van der Waals surface area contributed by atoms with E-state index in [1.54, 1.807) is 12.4 Å². The fourth-order valence-electron chi connectivity index (χ4n) is 1.46. The van der Waals surface area contributed by atoms with Crippen molar-refractivity contribution in [1.29, 1.82) is 0 Å². The van der Waals surface area contributed by atoms with Crippen molar-refractivity contribution in [3.63, 3.8) is 0 Å². The third-order valence-corrected chi connectivity index (χ3v) is 2.29. The SMILES string of the molecule is CC(C)Nc1ncc(OCc2ccccc2)cn1. The Hall–Kier alpha value is -2.10. The lowest BCUT2D eigenvalue weighted by molar-refractivity contribution is 0.303. The molecule has 0 amide bonds. The van der Waals surface area contributed by atoms with Crippen LogP contribution in [0.2, 0.25) is 0 Å². The first-order chi connectivity index (χ1) is 8.74. The number of rotatable bonds is 5. The van der Waals surface area contributed by atoms with Gasteiger partial charge in [-0.05, 0) is 19.4 Å². The first-order valence-electron chi connectivity index (χ1n) is 5.99. The lowest BCUT2D eigenvalue weighted by Gasteiger charge is -2.09. The molecule has 0 aliphatic heterocycles. The molecule has 1 heterocycles. The van der Waals surface area contributed by atoms with Gasteiger partial charge in [0.05, 0.1) is 12.4 Å². The normalized spacial score (nSPS) is 10.4. The monoisotopic (exact) mass is 243 g/mol. The summed E-state index contributed by atoms with van der Waals surface area (Å²) < 4.78 is 5.60. The number of benzene rings is 1. The minimum Gasteiger partial charge on any atom is -0.486 e. The van der Waals surface area contributed by atoms with Crippen molar-refractivity contribution in [1.82, 2.24) is 9.97 Å². The van der Waals surface area contributed by atoms with Gasteiger partial charge in [0.15, 0.2) is 5.75 Å². The molecule has 0 unspecified atom stereocenters. The maximum absolute atomic E-state index is 5.60. The van der Waals surface area contributed by atoms with Crippen molar-refractivity contribution >= 4 is 5.95 Å². The Labute approximate surface area is 107 Å². The largest absolute Gasteiger partial charge is 0.486 e. The van der Waals surface area contributed by atoms with Crippen molar-refractivity contribution in [3.05, 3.63) is 48.3 Å². The van der Waals surface area contributed by atoms with E-state index in [1.807, 2.05) is 44.2 Å². The molecule has 0 saturated heterocycles. The second kappa shape index (κ2) is 6.00. The summed E-state index contributed by atoms with van der Waals surface area (Å²) in [5.74, 6) is 1.30. The smallest absolute Gasteiger partial charge is 0.223 e. The molecular weight excluding hydrogens is 226 g/mol. The van der Waals surface area contributed by atoms with Crippen molar-refractivity contribution in [3.8, 4) is 5.75 Å². The van der Waals surface area contributed by atoms with Crippen LogP contribution in [0.4, 0.5) is 5.95 Å². The lowest BCUT2D eigenvalue weighted by atomic mass is 10.2. The molecule has 1 aromatic heterocycles. The zero-order valence-electron chi connectivity index (χ0n) is 10.6. The van der Waals surface area contributed by atoms with Gasteiger partial charge < -0.3 is 10.1 Å². The summed E-state index contributed by atoms with van der Waals surface area (Å²) in [6.07, 6.45) is 3.36. The summed E-state index contributed by atoms with van der Waals surface area (Å²) in [5.41, 5.74) is 1.13. The van der Waals surface area contributed by atoms with Crippen LogP contribution in [0.25, 0.3) is 0 Å². The molecule has 2 aromatic rings. The molecule has 0 saturated carbocycles. The van der Waals surface area contributed by atoms with Crippen molar-refractivity contribution < 1.29 is 4.74 Å². The average Bonchev–Trinajstić information content (AvgIpc) is 2.38. The zero-order valence-corrected chi connectivity index (χ0v) is 10.6. The van der Waals surface area contributed by atoms with E-state index in [9.17, 15) is 0 Å². The van der Waals surface area contributed by atoms with Crippen LogP contribution in [-0.4, -0.2) is 16.0 Å². The Balaban J connectivity index is 1.90. The van der Waals surface area contributed by atoms with E-state index in [2.05, 4.69) is 15.3 Å². The van der Waals surface area contributed by atoms with Crippen LogP contribution in [0.3, 0.4) is 0 Å². The minimum absolute atomic E-state index is 0.320. The number of hydrogen-bond acceptors (Lipinski definition) is 4. The summed E-state index contributed by atoms with van der Waals surface area (Å²) in [6, 6.07) is 10.3. The topological polar surface area (TPSA) is 47.0 Å². The van der Waals surface area contributed by atoms with E-state index in [1.165, 1.54) is 0 Å². The second-order valence-electron chi connectivity index (χ2n) is 4.32. The number of nitrogens with zero attached hydrogens (tertiary/aromatic N) is 2. The summed E-state index contributed by atoms with van der Waals surface area (Å²) in [7, 11) is 0. The fourth-order valence-corrected chi connectivity index (χ4v) is 1.46. The van der Waals surface area contributed by atoms with Gasteiger partial charge in [0.2, 0.25) is 5.95 Å². The second-order valence-corrected chi connectivity index (χ2v) is 4.32. The summed E-state index contributed by atoms with van der Waals surface area (Å²) >= 11 is 0. The van der Waals surface area contributed by atoms with Crippen LogP contribution in [-0.2, 0) is 6.61 Å². The highest BCUT2D eigenvalue weighted by molar-refractivity contribution is 5.28. The van der Waals surface area contributed by atoms with Crippen LogP contribution in [0, 0.1) is 0 Å². The predicted octanol–water partition coefficient (Wildman–Crippen LogP) is 2.88. The third kappa shape index (κ3) is 3.73. The van der Waals surface area contributed by atoms with Gasteiger partial charge >= 0.3 is 0 Å². The highest BCUT2D eigenvalue weighted by atomic mass is 16.5. The number of ether oxygens (including phenoxy) is 1. The minimum atomic E-state index is 0.320. The number of aromatic nitrogens is 2. The van der Waals surface area contributed by atoms with Crippen LogP contribution in [0.15, 0.2) is 42.7 Å². The molecule has 18 heavy (non-hydrogen) atoms. The Morgan fingerprint density at radius 1 is 1.11 bits per heavy atom. The number of anilines is 1. The van der Waals surface area contributed by atoms with E-state index in [0.29, 0.717) is 24.3 Å². The fraction of sp³-hybridized carbons (Fsp3) is 0.286. The molecule has 1 N–H and O–H groups in total. The van der Waals surface area contributed by atoms with Gasteiger partial charge in [-0.2, -0.15) is 0 Å². The Bertz CT molecular complexity index is 468. The van der Waals surface area contributed by atoms with Gasteiger partial charge in [-0.3, -0.25) is 0 Å². The molecule has 0 bridgehead atoms. The van der Waals surface area contributed by atoms with E-state index in [-0.39, 0.29) is 0 Å². The molecule has 0 aliphatic rings. The highest BCUT2D eigenvalue weighted by Crippen LogP contribution is 2.11. The van der Waals surface area contributed by atoms with Gasteiger partial charge in [0.1, 0.15) is 6.61 Å². The average molecular weight is 243 g/mol. The maximum Gasteiger partial charge on any atom is 0.223 e. The maximum atomic E-state index is 5.60. The quantitative estimate of drug-likeness (QED) is 0.877. The molecular formula is C14H17N3O. The Morgan fingerprint density at radius 2 is 1.78 bits per heavy atom. The van der Waals surface area contributed by atoms with E-state index < -0.39 is 0 Å². The highest BCUT2D eigenvalue weighted by Gasteiger charge is 2.00. The van der Waals surface area contributed by atoms with E-state index in [4.69, 9.17) is 4.74 Å². The van der Waals surface area contributed by atoms with Gasteiger partial charge in [0, 0.05) is 6.04 Å². The van der Waals surface area contributed by atoms with Gasteiger partial charge in [-0.25, -0.2) is 9.97 Å². The molecule has 2 rings (SSSR count). The molecule has 94 valence electrons. The molecule has 4 nitrogen and oxygen atoms in total. The number of nitrogens with one attached hydrogen (secondary N) is 1. The molecule has 0 spiro atoms. The molecule has 0 fully saturated rings. The Morgan fingerprint density at radius 3 is 2.39 bits per heavy atom. The first-order valence-corrected chi connectivity index (χ1v) is 5.99. The van der Waals surface area contributed by atoms with Crippen LogP contribution >= 0.6 is 0 Å². The van der Waals surface area contributed by atoms with Gasteiger partial charge in [0.25, 0.3) is 0 Å². The standard InChI is InChI=1S/C14H17N3O/c1-11(2)17-14-15-8-13(9-16-14)18-10-12-6-4-3-5-7-12/h3-9,11H,10H2,1-2H3,(H,15,16,17). The summed E-state index contributed by atoms with van der Waals surface area (Å²) in [4.78, 5) is 8.37. The third-order valence-electron chi connectivity index (χ3n) is 2.29.